The summed E-state index contributed by atoms with van der Waals surface area (Å²) in [6.45, 7) is 1.76. The van der Waals surface area contributed by atoms with Crippen LogP contribution in [0, 0.1) is 6.92 Å². The standard InChI is InChI=1S/C11H18N4O3S/c1-7-9(6-15(2)14-7)13-11(18)12-8(10(16)17)4-5-19-3/h6,8H,4-5H2,1-3H3,(H,16,17)(H2,12,13,18)/t8-/m0/s1. The number of aromatic nitrogens is 2. The fourth-order valence-corrected chi connectivity index (χ4v) is 2.00. The van der Waals surface area contributed by atoms with Crippen molar-refractivity contribution in [3.63, 3.8) is 0 Å². The number of carboxylic acids is 1. The summed E-state index contributed by atoms with van der Waals surface area (Å²) < 4.78 is 1.58. The molecule has 0 aromatic carbocycles. The van der Waals surface area contributed by atoms with Crippen LogP contribution in [0.5, 0.6) is 0 Å². The lowest BCUT2D eigenvalue weighted by molar-refractivity contribution is -0.139. The van der Waals surface area contributed by atoms with Crippen LogP contribution in [0.4, 0.5) is 10.5 Å². The van der Waals surface area contributed by atoms with Crippen molar-refractivity contribution in [3.8, 4) is 0 Å². The highest BCUT2D eigenvalue weighted by Gasteiger charge is 2.19. The molecule has 0 radical (unpaired) electrons. The van der Waals surface area contributed by atoms with Gasteiger partial charge in [-0.25, -0.2) is 9.59 Å². The van der Waals surface area contributed by atoms with E-state index in [-0.39, 0.29) is 0 Å². The van der Waals surface area contributed by atoms with Gasteiger partial charge in [0.05, 0.1) is 11.4 Å². The fraction of sp³-hybridized carbons (Fsp3) is 0.545. The van der Waals surface area contributed by atoms with Gasteiger partial charge in [-0.15, -0.1) is 0 Å². The minimum Gasteiger partial charge on any atom is -0.480 e. The quantitative estimate of drug-likeness (QED) is 0.726. The van der Waals surface area contributed by atoms with Crippen LogP contribution in [0.25, 0.3) is 0 Å². The Morgan fingerprint density at radius 3 is 2.74 bits per heavy atom. The third-order valence-corrected chi connectivity index (χ3v) is 3.12. The lowest BCUT2D eigenvalue weighted by Gasteiger charge is -2.14. The molecule has 1 atom stereocenters. The van der Waals surface area contributed by atoms with E-state index in [2.05, 4.69) is 15.7 Å². The number of amides is 2. The van der Waals surface area contributed by atoms with Crippen LogP contribution in [-0.4, -0.2) is 44.9 Å². The Balaban J connectivity index is 2.57. The number of aliphatic carboxylic acids is 1. The summed E-state index contributed by atoms with van der Waals surface area (Å²) >= 11 is 1.54. The summed E-state index contributed by atoms with van der Waals surface area (Å²) in [5, 5.41) is 18.1. The molecule has 0 spiro atoms. The molecule has 106 valence electrons. The maximum absolute atomic E-state index is 11.7. The summed E-state index contributed by atoms with van der Waals surface area (Å²) in [6, 6.07) is -1.42. The van der Waals surface area contributed by atoms with Crippen LogP contribution in [0.1, 0.15) is 12.1 Å². The van der Waals surface area contributed by atoms with Crippen molar-refractivity contribution in [2.75, 3.05) is 17.3 Å². The first kappa shape index (κ1) is 15.4. The van der Waals surface area contributed by atoms with E-state index in [0.29, 0.717) is 23.6 Å². The van der Waals surface area contributed by atoms with Crippen molar-refractivity contribution >= 4 is 29.4 Å². The first-order valence-electron chi connectivity index (χ1n) is 5.73. The van der Waals surface area contributed by atoms with Crippen molar-refractivity contribution in [2.24, 2.45) is 7.05 Å². The molecule has 0 bridgehead atoms. The first-order chi connectivity index (χ1) is 8.93. The van der Waals surface area contributed by atoms with Gasteiger partial charge in [-0.05, 0) is 25.4 Å². The first-order valence-corrected chi connectivity index (χ1v) is 7.13. The van der Waals surface area contributed by atoms with Gasteiger partial charge in [0, 0.05) is 13.2 Å². The Labute approximate surface area is 115 Å². The maximum Gasteiger partial charge on any atom is 0.326 e. The molecule has 1 aromatic rings. The van der Waals surface area contributed by atoms with Gasteiger partial charge in [0.15, 0.2) is 0 Å². The number of carboxylic acid groups (broad SMARTS) is 1. The van der Waals surface area contributed by atoms with Gasteiger partial charge in [-0.1, -0.05) is 0 Å². The zero-order chi connectivity index (χ0) is 14.4. The SMILES string of the molecule is CSCC[C@H](NC(=O)Nc1cn(C)nc1C)C(=O)O. The predicted octanol–water partition coefficient (Wildman–Crippen LogP) is 1.06. The predicted molar refractivity (Wildman–Crippen MR) is 74.5 cm³/mol. The molecule has 19 heavy (non-hydrogen) atoms. The number of nitrogens with one attached hydrogen (secondary N) is 2. The molecule has 2 amide bonds. The van der Waals surface area contributed by atoms with Crippen LogP contribution < -0.4 is 10.6 Å². The number of aryl methyl sites for hydroxylation is 2. The number of urea groups is 1. The minimum atomic E-state index is -1.04. The molecule has 0 aliphatic heterocycles. The Morgan fingerprint density at radius 1 is 1.58 bits per heavy atom. The van der Waals surface area contributed by atoms with Gasteiger partial charge in [0.25, 0.3) is 0 Å². The van der Waals surface area contributed by atoms with Gasteiger partial charge in [-0.3, -0.25) is 4.68 Å². The molecule has 0 aliphatic carbocycles. The third-order valence-electron chi connectivity index (χ3n) is 2.48. The van der Waals surface area contributed by atoms with E-state index in [1.165, 1.54) is 11.8 Å². The van der Waals surface area contributed by atoms with Crippen molar-refractivity contribution < 1.29 is 14.7 Å². The van der Waals surface area contributed by atoms with Crippen molar-refractivity contribution in [2.45, 2.75) is 19.4 Å². The largest absolute Gasteiger partial charge is 0.480 e. The Hall–Kier alpha value is -1.70. The van der Waals surface area contributed by atoms with E-state index in [9.17, 15) is 9.59 Å². The summed E-state index contributed by atoms with van der Waals surface area (Å²) in [5.74, 6) is -0.365. The summed E-state index contributed by atoms with van der Waals surface area (Å²) in [4.78, 5) is 22.7. The van der Waals surface area contributed by atoms with E-state index in [0.717, 1.165) is 0 Å². The molecule has 0 saturated heterocycles. The molecule has 1 rings (SSSR count). The van der Waals surface area contributed by atoms with Gasteiger partial charge < -0.3 is 15.7 Å². The van der Waals surface area contributed by atoms with Crippen LogP contribution in [0.15, 0.2) is 6.20 Å². The highest BCUT2D eigenvalue weighted by molar-refractivity contribution is 7.98. The Kier molecular flexibility index (Phi) is 5.68. The second-order valence-corrected chi connectivity index (χ2v) is 5.06. The van der Waals surface area contributed by atoms with E-state index < -0.39 is 18.0 Å². The van der Waals surface area contributed by atoms with E-state index >= 15 is 0 Å². The topological polar surface area (TPSA) is 96.3 Å². The maximum atomic E-state index is 11.7. The molecular weight excluding hydrogens is 268 g/mol. The smallest absolute Gasteiger partial charge is 0.326 e. The van der Waals surface area contributed by atoms with Crippen LogP contribution in [0.3, 0.4) is 0 Å². The number of hydrogen-bond acceptors (Lipinski definition) is 4. The highest BCUT2D eigenvalue weighted by atomic mass is 32.2. The average molecular weight is 286 g/mol. The van der Waals surface area contributed by atoms with Gasteiger partial charge in [0.2, 0.25) is 0 Å². The number of nitrogens with zero attached hydrogens (tertiary/aromatic N) is 2. The lowest BCUT2D eigenvalue weighted by atomic mass is 10.2. The monoisotopic (exact) mass is 286 g/mol. The van der Waals surface area contributed by atoms with Crippen LogP contribution in [-0.2, 0) is 11.8 Å². The summed E-state index contributed by atoms with van der Waals surface area (Å²) in [6.07, 6.45) is 3.93. The van der Waals surface area contributed by atoms with Crippen molar-refractivity contribution in [3.05, 3.63) is 11.9 Å². The molecule has 0 fully saturated rings. The highest BCUT2D eigenvalue weighted by Crippen LogP contribution is 2.11. The normalized spacial score (nSPS) is 11.9. The third kappa shape index (κ3) is 4.82. The summed E-state index contributed by atoms with van der Waals surface area (Å²) in [7, 11) is 1.74. The zero-order valence-electron chi connectivity index (χ0n) is 11.1. The molecule has 8 heteroatoms. The molecule has 0 aliphatic rings. The molecule has 1 aromatic heterocycles. The molecule has 0 saturated carbocycles. The molecule has 1 heterocycles. The molecule has 7 nitrogen and oxygen atoms in total. The zero-order valence-corrected chi connectivity index (χ0v) is 12.0. The Morgan fingerprint density at radius 2 is 2.26 bits per heavy atom. The fourth-order valence-electron chi connectivity index (χ4n) is 1.53. The molecule has 0 unspecified atom stereocenters. The number of carbonyl (C=O) groups is 2. The number of hydrogen-bond donors (Lipinski definition) is 3. The van der Waals surface area contributed by atoms with Gasteiger partial charge >= 0.3 is 12.0 Å². The van der Waals surface area contributed by atoms with Gasteiger partial charge in [-0.2, -0.15) is 16.9 Å². The van der Waals surface area contributed by atoms with E-state index in [1.807, 2.05) is 6.26 Å². The lowest BCUT2D eigenvalue weighted by Crippen LogP contribution is -2.43. The number of carbonyl (C=O) groups excluding carboxylic acids is 1. The average Bonchev–Trinajstić information content (AvgIpc) is 2.62. The number of thioether (sulfide) groups is 1. The van der Waals surface area contributed by atoms with Crippen LogP contribution in [0.2, 0.25) is 0 Å². The van der Waals surface area contributed by atoms with E-state index in [4.69, 9.17) is 5.11 Å². The van der Waals surface area contributed by atoms with Crippen LogP contribution >= 0.6 is 11.8 Å². The summed E-state index contributed by atoms with van der Waals surface area (Å²) in [5.41, 5.74) is 1.24. The molecular formula is C11H18N4O3S. The van der Waals surface area contributed by atoms with Gasteiger partial charge in [0.1, 0.15) is 6.04 Å². The second kappa shape index (κ2) is 7.03. The van der Waals surface area contributed by atoms with E-state index in [1.54, 1.807) is 24.9 Å². The van der Waals surface area contributed by atoms with Crippen molar-refractivity contribution in [1.82, 2.24) is 15.1 Å². The Bertz CT molecular complexity index is 461. The molecule has 3 N–H and O–H groups in total. The number of rotatable bonds is 6. The van der Waals surface area contributed by atoms with Crippen molar-refractivity contribution in [1.29, 1.82) is 0 Å². The number of anilines is 1. The second-order valence-electron chi connectivity index (χ2n) is 4.07. The minimum absolute atomic E-state index is 0.385.